The van der Waals surface area contributed by atoms with E-state index in [4.69, 9.17) is 23.8 Å². The Morgan fingerprint density at radius 2 is 2.09 bits per heavy atom. The van der Waals surface area contributed by atoms with Crippen LogP contribution in [0.4, 0.5) is 0 Å². The fourth-order valence-electron chi connectivity index (χ4n) is 2.14. The van der Waals surface area contributed by atoms with Crippen LogP contribution in [-0.4, -0.2) is 20.9 Å². The van der Waals surface area contributed by atoms with E-state index in [0.29, 0.717) is 22.4 Å². The molecule has 0 radical (unpaired) electrons. The molecule has 1 saturated heterocycles. The summed E-state index contributed by atoms with van der Waals surface area (Å²) >= 11 is 11.4. The summed E-state index contributed by atoms with van der Waals surface area (Å²) in [5.41, 5.74) is 2.12. The lowest BCUT2D eigenvalue weighted by molar-refractivity contribution is -0.122. The maximum absolute atomic E-state index is 12.5. The summed E-state index contributed by atoms with van der Waals surface area (Å²) in [7, 11) is 0. The minimum Gasteiger partial charge on any atom is -0.328 e. The van der Waals surface area contributed by atoms with Gasteiger partial charge in [-0.3, -0.25) is 14.7 Å². The first-order chi connectivity index (χ1) is 10.6. The molecular formula is C16H12ClN3OS. The average Bonchev–Trinajstić information content (AvgIpc) is 2.78. The minimum atomic E-state index is -0.172. The van der Waals surface area contributed by atoms with Gasteiger partial charge in [0.2, 0.25) is 0 Å². The first kappa shape index (κ1) is 14.7. The fraction of sp³-hybridized carbons (Fsp3) is 0.0625. The molecule has 1 aliphatic heterocycles. The van der Waals surface area contributed by atoms with Crippen molar-refractivity contribution < 1.29 is 4.79 Å². The predicted octanol–water partition coefficient (Wildman–Crippen LogP) is 2.99. The van der Waals surface area contributed by atoms with Crippen LogP contribution in [0.3, 0.4) is 0 Å². The molecule has 2 aromatic rings. The van der Waals surface area contributed by atoms with Gasteiger partial charge in [-0.25, -0.2) is 0 Å². The molecule has 0 saturated carbocycles. The van der Waals surface area contributed by atoms with Gasteiger partial charge in [0.05, 0.1) is 6.54 Å². The lowest BCUT2D eigenvalue weighted by Crippen LogP contribution is -2.30. The molecule has 0 atom stereocenters. The van der Waals surface area contributed by atoms with Gasteiger partial charge in [0.1, 0.15) is 5.70 Å². The highest BCUT2D eigenvalue weighted by molar-refractivity contribution is 7.80. The molecule has 2 heterocycles. The second-order valence-electron chi connectivity index (χ2n) is 4.76. The minimum absolute atomic E-state index is 0.172. The van der Waals surface area contributed by atoms with Crippen LogP contribution in [0.25, 0.3) is 6.08 Å². The molecule has 1 amide bonds. The number of pyridine rings is 1. The van der Waals surface area contributed by atoms with Crippen molar-refractivity contribution in [2.45, 2.75) is 6.54 Å². The standard InChI is InChI=1S/C16H12ClN3OS/c17-13-6-2-1-5-12(13)10-20-15(21)14(19-16(20)22)8-11-4-3-7-18-9-11/h1-9H,10H2,(H,19,22)/b14-8+. The maximum Gasteiger partial charge on any atom is 0.276 e. The molecule has 0 bridgehead atoms. The molecule has 0 spiro atoms. The average molecular weight is 330 g/mol. The Balaban J connectivity index is 1.83. The molecule has 22 heavy (non-hydrogen) atoms. The van der Waals surface area contributed by atoms with Crippen LogP contribution in [0.15, 0.2) is 54.5 Å². The molecular weight excluding hydrogens is 318 g/mol. The number of benzene rings is 1. The highest BCUT2D eigenvalue weighted by Gasteiger charge is 2.30. The molecule has 110 valence electrons. The molecule has 1 fully saturated rings. The summed E-state index contributed by atoms with van der Waals surface area (Å²) in [4.78, 5) is 18.0. The van der Waals surface area contributed by atoms with E-state index in [1.807, 2.05) is 30.3 Å². The molecule has 0 aliphatic carbocycles. The fourth-order valence-corrected chi connectivity index (χ4v) is 2.59. The number of halogens is 1. The summed E-state index contributed by atoms with van der Waals surface area (Å²) in [6.45, 7) is 0.342. The van der Waals surface area contributed by atoms with Crippen molar-refractivity contribution in [3.8, 4) is 0 Å². The zero-order valence-electron chi connectivity index (χ0n) is 11.5. The predicted molar refractivity (Wildman–Crippen MR) is 89.9 cm³/mol. The van der Waals surface area contributed by atoms with Gasteiger partial charge in [-0.05, 0) is 41.6 Å². The van der Waals surface area contributed by atoms with Gasteiger partial charge in [-0.15, -0.1) is 0 Å². The van der Waals surface area contributed by atoms with Crippen molar-refractivity contribution in [3.05, 3.63) is 70.6 Å². The van der Waals surface area contributed by atoms with E-state index in [-0.39, 0.29) is 5.91 Å². The molecule has 1 N–H and O–H groups in total. The van der Waals surface area contributed by atoms with Crippen molar-refractivity contribution in [3.63, 3.8) is 0 Å². The van der Waals surface area contributed by atoms with Crippen LogP contribution in [0.5, 0.6) is 0 Å². The van der Waals surface area contributed by atoms with Crippen LogP contribution in [-0.2, 0) is 11.3 Å². The second-order valence-corrected chi connectivity index (χ2v) is 5.55. The van der Waals surface area contributed by atoms with Crippen molar-refractivity contribution in [2.75, 3.05) is 0 Å². The zero-order valence-corrected chi connectivity index (χ0v) is 13.1. The highest BCUT2D eigenvalue weighted by Crippen LogP contribution is 2.21. The largest absolute Gasteiger partial charge is 0.328 e. The highest BCUT2D eigenvalue weighted by atomic mass is 35.5. The number of carbonyl (C=O) groups excluding carboxylic acids is 1. The Kier molecular flexibility index (Phi) is 4.18. The number of carbonyl (C=O) groups is 1. The van der Waals surface area contributed by atoms with E-state index in [1.165, 1.54) is 4.90 Å². The Hall–Kier alpha value is -2.24. The number of nitrogens with one attached hydrogen (secondary N) is 1. The third-order valence-electron chi connectivity index (χ3n) is 3.24. The molecule has 1 aromatic carbocycles. The third kappa shape index (κ3) is 3.00. The van der Waals surface area contributed by atoms with E-state index in [1.54, 1.807) is 24.5 Å². The van der Waals surface area contributed by atoms with Crippen molar-refractivity contribution in [1.82, 2.24) is 15.2 Å². The number of rotatable bonds is 3. The van der Waals surface area contributed by atoms with Crippen LogP contribution in [0.2, 0.25) is 5.02 Å². The van der Waals surface area contributed by atoms with E-state index in [0.717, 1.165) is 11.1 Å². The van der Waals surface area contributed by atoms with Gasteiger partial charge in [-0.1, -0.05) is 35.9 Å². The van der Waals surface area contributed by atoms with Crippen LogP contribution in [0.1, 0.15) is 11.1 Å². The molecule has 1 aliphatic rings. The van der Waals surface area contributed by atoms with Gasteiger partial charge in [0, 0.05) is 17.4 Å². The number of aromatic nitrogens is 1. The normalized spacial score (nSPS) is 16.2. The van der Waals surface area contributed by atoms with Gasteiger partial charge < -0.3 is 5.32 Å². The number of nitrogens with zero attached hydrogens (tertiary/aromatic N) is 2. The summed E-state index contributed by atoms with van der Waals surface area (Å²) in [5.74, 6) is -0.172. The lowest BCUT2D eigenvalue weighted by atomic mass is 10.2. The van der Waals surface area contributed by atoms with Crippen LogP contribution >= 0.6 is 23.8 Å². The number of thiocarbonyl (C=S) groups is 1. The van der Waals surface area contributed by atoms with E-state index in [2.05, 4.69) is 10.3 Å². The van der Waals surface area contributed by atoms with Gasteiger partial charge in [0.25, 0.3) is 5.91 Å². The van der Waals surface area contributed by atoms with Crippen LogP contribution in [0, 0.1) is 0 Å². The topological polar surface area (TPSA) is 45.2 Å². The Bertz CT molecular complexity index is 761. The lowest BCUT2D eigenvalue weighted by Gasteiger charge is -2.14. The summed E-state index contributed by atoms with van der Waals surface area (Å²) in [6, 6.07) is 11.1. The van der Waals surface area contributed by atoms with E-state index in [9.17, 15) is 4.79 Å². The number of hydrogen-bond acceptors (Lipinski definition) is 3. The third-order valence-corrected chi connectivity index (χ3v) is 3.94. The molecule has 1 aromatic heterocycles. The summed E-state index contributed by atoms with van der Waals surface area (Å²) in [6.07, 6.45) is 5.09. The van der Waals surface area contributed by atoms with Crippen molar-refractivity contribution in [1.29, 1.82) is 0 Å². The Morgan fingerprint density at radius 3 is 2.82 bits per heavy atom. The van der Waals surface area contributed by atoms with E-state index < -0.39 is 0 Å². The van der Waals surface area contributed by atoms with Crippen molar-refractivity contribution >= 4 is 40.9 Å². The van der Waals surface area contributed by atoms with E-state index >= 15 is 0 Å². The molecule has 3 rings (SSSR count). The molecule has 0 unspecified atom stereocenters. The maximum atomic E-state index is 12.5. The zero-order chi connectivity index (χ0) is 15.5. The summed E-state index contributed by atoms with van der Waals surface area (Å²) in [5, 5.41) is 3.93. The van der Waals surface area contributed by atoms with Gasteiger partial charge in [-0.2, -0.15) is 0 Å². The quantitative estimate of drug-likeness (QED) is 0.694. The number of amides is 1. The van der Waals surface area contributed by atoms with Crippen LogP contribution < -0.4 is 5.32 Å². The van der Waals surface area contributed by atoms with Crippen molar-refractivity contribution in [2.24, 2.45) is 0 Å². The first-order valence-electron chi connectivity index (χ1n) is 6.63. The smallest absolute Gasteiger partial charge is 0.276 e. The Labute approximate surface area is 138 Å². The molecule has 4 nitrogen and oxygen atoms in total. The number of hydrogen-bond donors (Lipinski definition) is 1. The molecule has 6 heteroatoms. The monoisotopic (exact) mass is 329 g/mol. The second kappa shape index (κ2) is 6.25. The SMILES string of the molecule is O=C1/C(=C\c2cccnc2)NC(=S)N1Cc1ccccc1Cl. The van der Waals surface area contributed by atoms with Gasteiger partial charge >= 0.3 is 0 Å². The summed E-state index contributed by atoms with van der Waals surface area (Å²) < 4.78 is 0. The Morgan fingerprint density at radius 1 is 1.27 bits per heavy atom. The van der Waals surface area contributed by atoms with Gasteiger partial charge in [0.15, 0.2) is 5.11 Å². The first-order valence-corrected chi connectivity index (χ1v) is 7.42.